The van der Waals surface area contributed by atoms with Crippen molar-refractivity contribution in [3.05, 3.63) is 52.6 Å². The van der Waals surface area contributed by atoms with Gasteiger partial charge in [-0.1, -0.05) is 18.2 Å². The second-order valence-corrected chi connectivity index (χ2v) is 12.8. The van der Waals surface area contributed by atoms with Gasteiger partial charge in [-0.25, -0.2) is 23.1 Å². The van der Waals surface area contributed by atoms with E-state index in [1.807, 2.05) is 24.7 Å². The zero-order valence-electron chi connectivity index (χ0n) is 19.8. The van der Waals surface area contributed by atoms with Crippen LogP contribution in [0.25, 0.3) is 6.08 Å². The minimum atomic E-state index is -2.89. The molecule has 2 aliphatic rings. The Morgan fingerprint density at radius 2 is 1.88 bits per heavy atom. The lowest BCUT2D eigenvalue weighted by Crippen LogP contribution is -2.44. The lowest BCUT2D eigenvalue weighted by Gasteiger charge is -2.43. The summed E-state index contributed by atoms with van der Waals surface area (Å²) in [6.45, 7) is 4.16. The molecule has 34 heavy (non-hydrogen) atoms. The van der Waals surface area contributed by atoms with Gasteiger partial charge in [-0.3, -0.25) is 0 Å². The minimum absolute atomic E-state index is 0.137. The molecule has 1 aromatic heterocycles. The van der Waals surface area contributed by atoms with Crippen molar-refractivity contribution in [2.75, 3.05) is 49.9 Å². The molecule has 1 atom stereocenters. The fraction of sp³-hybridized carbons (Fsp3) is 0.500. The van der Waals surface area contributed by atoms with Crippen LogP contribution in [0.1, 0.15) is 48.9 Å². The van der Waals surface area contributed by atoms with Gasteiger partial charge in [0, 0.05) is 38.6 Å². The molecule has 1 N–H and O–H groups in total. The highest BCUT2D eigenvalue weighted by atomic mass is 31.2. The molecule has 2 aromatic rings. The molecule has 0 bridgehead atoms. The maximum absolute atomic E-state index is 14.7. The highest BCUT2D eigenvalue weighted by Crippen LogP contribution is 2.53. The monoisotopic (exact) mass is 494 g/mol. The average molecular weight is 494 g/mol. The van der Waals surface area contributed by atoms with Crippen molar-refractivity contribution >= 4 is 24.9 Å². The average Bonchev–Trinajstić information content (AvgIpc) is 2.80. The number of likely N-dealkylation sites (N-methyl/N-ethyl adjacent to an activating group) is 1. The first-order valence-electron chi connectivity index (χ1n) is 11.3. The lowest BCUT2D eigenvalue weighted by atomic mass is 9.84. The summed E-state index contributed by atoms with van der Waals surface area (Å²) in [6, 6.07) is 3.40. The van der Waals surface area contributed by atoms with Crippen LogP contribution in [0.15, 0.2) is 30.1 Å². The second kappa shape index (κ2) is 9.34. The van der Waals surface area contributed by atoms with Gasteiger partial charge in [0.25, 0.3) is 6.43 Å². The number of rotatable bonds is 6. The maximum Gasteiger partial charge on any atom is 0.266 e. The largest absolute Gasteiger partial charge is 0.374 e. The van der Waals surface area contributed by atoms with Crippen LogP contribution < -0.4 is 10.2 Å². The van der Waals surface area contributed by atoms with E-state index in [1.54, 1.807) is 14.0 Å². The summed E-state index contributed by atoms with van der Waals surface area (Å²) >= 11 is 0. The van der Waals surface area contributed by atoms with Crippen LogP contribution in [0, 0.1) is 5.82 Å². The van der Waals surface area contributed by atoms with Crippen LogP contribution in [0.2, 0.25) is 0 Å². The molecular weight excluding hydrogens is 464 g/mol. The number of hydrogen-bond acceptors (Lipinski definition) is 6. The molecule has 4 rings (SSSR count). The molecule has 3 heterocycles. The van der Waals surface area contributed by atoms with Crippen LogP contribution in [0.5, 0.6) is 0 Å². The summed E-state index contributed by atoms with van der Waals surface area (Å²) in [5.41, 5.74) is 0.765. The molecular formula is C24H30F3N4O2P. The van der Waals surface area contributed by atoms with Crippen LogP contribution >= 0.6 is 7.14 Å². The SMILES string of the molecule is COC1(C2=Cc3c(N[C@H](C)c4cccc(C(F)F)c4F)ncnc3N(C)C2)CCP(C)(=O)CC1. The fourth-order valence-electron chi connectivity index (χ4n) is 4.85. The predicted molar refractivity (Wildman–Crippen MR) is 129 cm³/mol. The van der Waals surface area contributed by atoms with Crippen molar-refractivity contribution in [1.29, 1.82) is 0 Å². The standard InChI is InChI=1S/C24H30F3N4O2P/c1-15(17-6-5-7-18(20(17)25)21(26)27)30-22-19-12-16(13-31(2)23(19)29-14-28-22)24(33-3)8-10-34(4,32)11-9-24/h5-7,12,14-15,21H,8-11,13H2,1-4H3,(H,28,29,30)/t15-,24?,34?/m1/s1. The van der Waals surface area contributed by atoms with Crippen LogP contribution in [0.3, 0.4) is 0 Å². The summed E-state index contributed by atoms with van der Waals surface area (Å²) in [7, 11) is 1.47. The molecule has 184 valence electrons. The van der Waals surface area contributed by atoms with E-state index < -0.39 is 36.6 Å². The van der Waals surface area contributed by atoms with Gasteiger partial charge in [0.1, 0.15) is 23.8 Å². The Morgan fingerprint density at radius 3 is 2.53 bits per heavy atom. The number of nitrogens with one attached hydrogen (secondary N) is 1. The zero-order chi connectivity index (χ0) is 24.7. The van der Waals surface area contributed by atoms with Gasteiger partial charge in [-0.05, 0) is 38.1 Å². The van der Waals surface area contributed by atoms with E-state index in [0.717, 1.165) is 17.2 Å². The predicted octanol–water partition coefficient (Wildman–Crippen LogP) is 5.73. The van der Waals surface area contributed by atoms with Crippen LogP contribution in [-0.4, -0.2) is 55.3 Å². The molecule has 0 spiro atoms. The quantitative estimate of drug-likeness (QED) is 0.518. The highest BCUT2D eigenvalue weighted by molar-refractivity contribution is 7.63. The number of benzene rings is 1. The molecule has 10 heteroatoms. The number of halogens is 3. The number of nitrogens with zero attached hydrogens (tertiary/aromatic N) is 3. The summed E-state index contributed by atoms with van der Waals surface area (Å²) in [5, 5.41) is 3.19. The van der Waals surface area contributed by atoms with Crippen molar-refractivity contribution in [2.24, 2.45) is 0 Å². The molecule has 0 saturated carbocycles. The van der Waals surface area contributed by atoms with Crippen LogP contribution in [0.4, 0.5) is 24.8 Å². The van der Waals surface area contributed by atoms with Crippen molar-refractivity contribution in [2.45, 2.75) is 37.8 Å². The lowest BCUT2D eigenvalue weighted by molar-refractivity contribution is 0.0133. The Kier molecular flexibility index (Phi) is 6.80. The van der Waals surface area contributed by atoms with Gasteiger partial charge in [0.15, 0.2) is 0 Å². The fourth-order valence-corrected chi connectivity index (χ4v) is 6.74. The number of methoxy groups -OCH3 is 1. The summed E-state index contributed by atoms with van der Waals surface area (Å²) < 4.78 is 59.7. The topological polar surface area (TPSA) is 67.3 Å². The van der Waals surface area contributed by atoms with Gasteiger partial charge in [-0.15, -0.1) is 0 Å². The molecule has 0 unspecified atom stereocenters. The van der Waals surface area contributed by atoms with Gasteiger partial charge in [-0.2, -0.15) is 0 Å². The van der Waals surface area contributed by atoms with Crippen molar-refractivity contribution in [3.63, 3.8) is 0 Å². The van der Waals surface area contributed by atoms with E-state index in [4.69, 9.17) is 4.74 Å². The normalized spacial score (nSPS) is 25.6. The Balaban J connectivity index is 1.69. The molecule has 1 fully saturated rings. The van der Waals surface area contributed by atoms with E-state index in [1.165, 1.54) is 18.5 Å². The van der Waals surface area contributed by atoms with Gasteiger partial charge in [0.2, 0.25) is 0 Å². The second-order valence-electron chi connectivity index (χ2n) is 9.34. The Morgan fingerprint density at radius 1 is 1.21 bits per heavy atom. The highest BCUT2D eigenvalue weighted by Gasteiger charge is 2.42. The Labute approximate surface area is 198 Å². The summed E-state index contributed by atoms with van der Waals surface area (Å²) in [5.74, 6) is 0.267. The van der Waals surface area contributed by atoms with E-state index in [0.29, 0.717) is 43.3 Å². The van der Waals surface area contributed by atoms with Gasteiger partial charge < -0.3 is 19.5 Å². The zero-order valence-corrected chi connectivity index (χ0v) is 20.7. The Hall–Kier alpha value is -2.38. The first-order valence-corrected chi connectivity index (χ1v) is 13.8. The molecule has 0 radical (unpaired) electrons. The van der Waals surface area contributed by atoms with E-state index >= 15 is 0 Å². The molecule has 1 saturated heterocycles. The third-order valence-corrected chi connectivity index (χ3v) is 9.36. The number of hydrogen-bond donors (Lipinski definition) is 1. The Bertz CT molecular complexity index is 1150. The summed E-state index contributed by atoms with van der Waals surface area (Å²) in [6.07, 6.45) is 3.14. The number of alkyl halides is 2. The van der Waals surface area contributed by atoms with Crippen molar-refractivity contribution in [1.82, 2.24) is 9.97 Å². The van der Waals surface area contributed by atoms with Gasteiger partial charge in [0.05, 0.1) is 29.9 Å². The van der Waals surface area contributed by atoms with Crippen LogP contribution in [-0.2, 0) is 9.30 Å². The third kappa shape index (κ3) is 4.60. The first-order chi connectivity index (χ1) is 16.1. The summed E-state index contributed by atoms with van der Waals surface area (Å²) in [4.78, 5) is 10.8. The number of aromatic nitrogens is 2. The molecule has 1 aromatic carbocycles. The molecule has 0 aliphatic carbocycles. The third-order valence-electron chi connectivity index (χ3n) is 7.02. The minimum Gasteiger partial charge on any atom is -0.374 e. The van der Waals surface area contributed by atoms with E-state index in [-0.39, 0.29) is 5.56 Å². The maximum atomic E-state index is 14.7. The number of anilines is 2. The molecule has 2 aliphatic heterocycles. The van der Waals surface area contributed by atoms with Gasteiger partial charge >= 0.3 is 0 Å². The van der Waals surface area contributed by atoms with E-state index in [2.05, 4.69) is 15.3 Å². The first kappa shape index (κ1) is 24.7. The smallest absolute Gasteiger partial charge is 0.266 e. The number of ether oxygens (including phenoxy) is 1. The molecule has 6 nitrogen and oxygen atoms in total. The molecule has 0 amide bonds. The van der Waals surface area contributed by atoms with Crippen molar-refractivity contribution < 1.29 is 22.5 Å². The van der Waals surface area contributed by atoms with E-state index in [9.17, 15) is 17.7 Å². The van der Waals surface area contributed by atoms with Crippen molar-refractivity contribution in [3.8, 4) is 0 Å². The number of fused-ring (bicyclic) bond motifs is 1.